The Morgan fingerprint density at radius 2 is 2.06 bits per heavy atom. The van der Waals surface area contributed by atoms with Crippen LogP contribution in [0.3, 0.4) is 0 Å². The summed E-state index contributed by atoms with van der Waals surface area (Å²) in [5.41, 5.74) is 5.96. The Hall–Kier alpha value is -1.29. The molecule has 0 aromatic heterocycles. The van der Waals surface area contributed by atoms with Gasteiger partial charge in [-0.05, 0) is 31.0 Å². The summed E-state index contributed by atoms with van der Waals surface area (Å²) in [5, 5.41) is 12.5. The Balaban J connectivity index is 2.19. The van der Waals surface area contributed by atoms with Crippen molar-refractivity contribution in [3.63, 3.8) is 0 Å². The number of benzene rings is 1. The quantitative estimate of drug-likeness (QED) is 0.689. The summed E-state index contributed by atoms with van der Waals surface area (Å²) in [6.45, 7) is 0.0385. The molecule has 88 valence electrons. The Labute approximate surface area is 94.5 Å². The first-order valence-corrected chi connectivity index (χ1v) is 5.59. The van der Waals surface area contributed by atoms with Crippen LogP contribution in [0.2, 0.25) is 0 Å². The van der Waals surface area contributed by atoms with Gasteiger partial charge in [0.1, 0.15) is 5.82 Å². The van der Waals surface area contributed by atoms with Crippen molar-refractivity contribution in [1.29, 1.82) is 0 Å². The molecule has 0 radical (unpaired) electrons. The molecule has 0 unspecified atom stereocenters. The third-order valence-electron chi connectivity index (χ3n) is 3.26. The van der Waals surface area contributed by atoms with Crippen molar-refractivity contribution in [2.75, 3.05) is 17.7 Å². The number of aliphatic hydroxyl groups excluding tert-OH is 1. The van der Waals surface area contributed by atoms with E-state index in [-0.39, 0.29) is 18.0 Å². The van der Waals surface area contributed by atoms with Crippen molar-refractivity contribution in [2.45, 2.75) is 31.2 Å². The first kappa shape index (κ1) is 11.2. The van der Waals surface area contributed by atoms with Crippen molar-refractivity contribution in [3.05, 3.63) is 24.0 Å². The Kier molecular flexibility index (Phi) is 3.01. The van der Waals surface area contributed by atoms with E-state index in [0.717, 1.165) is 25.7 Å². The molecular formula is C12H17FN2O. The zero-order chi connectivity index (χ0) is 11.6. The minimum absolute atomic E-state index is 0.0385. The molecular weight excluding hydrogens is 207 g/mol. The molecule has 16 heavy (non-hydrogen) atoms. The van der Waals surface area contributed by atoms with E-state index in [1.54, 1.807) is 12.1 Å². The van der Waals surface area contributed by atoms with Crippen molar-refractivity contribution < 1.29 is 9.50 Å². The average Bonchev–Trinajstić information content (AvgIpc) is 2.72. The van der Waals surface area contributed by atoms with Gasteiger partial charge in [0.2, 0.25) is 0 Å². The predicted octanol–water partition coefficient (Wildman–Crippen LogP) is 2.12. The largest absolute Gasteiger partial charge is 0.399 e. The second-order valence-corrected chi connectivity index (χ2v) is 4.51. The highest BCUT2D eigenvalue weighted by atomic mass is 19.1. The highest BCUT2D eigenvalue weighted by Crippen LogP contribution is 2.33. The molecule has 1 aromatic carbocycles. The van der Waals surface area contributed by atoms with Crippen LogP contribution in [0.15, 0.2) is 18.2 Å². The van der Waals surface area contributed by atoms with Gasteiger partial charge < -0.3 is 16.2 Å². The van der Waals surface area contributed by atoms with Gasteiger partial charge in [-0.2, -0.15) is 0 Å². The molecule has 1 aromatic rings. The van der Waals surface area contributed by atoms with Crippen molar-refractivity contribution in [1.82, 2.24) is 0 Å². The SMILES string of the molecule is Nc1ccc(NC2(CO)CCCC2)c(F)c1. The van der Waals surface area contributed by atoms with Crippen LogP contribution in [0, 0.1) is 5.82 Å². The van der Waals surface area contributed by atoms with E-state index >= 15 is 0 Å². The number of rotatable bonds is 3. The molecule has 0 aliphatic heterocycles. The average molecular weight is 224 g/mol. The van der Waals surface area contributed by atoms with Crippen LogP contribution in [0.4, 0.5) is 15.8 Å². The van der Waals surface area contributed by atoms with E-state index in [9.17, 15) is 9.50 Å². The summed E-state index contributed by atoms with van der Waals surface area (Å²) in [6.07, 6.45) is 3.91. The monoisotopic (exact) mass is 224 g/mol. The molecule has 1 saturated carbocycles. The molecule has 0 amide bonds. The fourth-order valence-corrected chi connectivity index (χ4v) is 2.29. The van der Waals surface area contributed by atoms with E-state index in [1.165, 1.54) is 6.07 Å². The maximum Gasteiger partial charge on any atom is 0.148 e. The lowest BCUT2D eigenvalue weighted by molar-refractivity contribution is 0.214. The van der Waals surface area contributed by atoms with Crippen LogP contribution in [0.1, 0.15) is 25.7 Å². The summed E-state index contributed by atoms with van der Waals surface area (Å²) in [6, 6.07) is 4.58. The second kappa shape index (κ2) is 4.29. The summed E-state index contributed by atoms with van der Waals surface area (Å²) in [5.74, 6) is -0.361. The standard InChI is InChI=1S/C12H17FN2O/c13-10-7-9(14)3-4-11(10)15-12(8-16)5-1-2-6-12/h3-4,7,15-16H,1-2,5-6,8,14H2. The molecule has 0 heterocycles. The third-order valence-corrected chi connectivity index (χ3v) is 3.26. The second-order valence-electron chi connectivity index (χ2n) is 4.51. The Morgan fingerprint density at radius 1 is 1.38 bits per heavy atom. The molecule has 3 nitrogen and oxygen atoms in total. The van der Waals surface area contributed by atoms with Gasteiger partial charge >= 0.3 is 0 Å². The van der Waals surface area contributed by atoms with Gasteiger partial charge in [-0.25, -0.2) is 4.39 Å². The predicted molar refractivity (Wildman–Crippen MR) is 62.7 cm³/mol. The number of hydrogen-bond acceptors (Lipinski definition) is 3. The molecule has 1 aliphatic carbocycles. The highest BCUT2D eigenvalue weighted by Gasteiger charge is 2.33. The van der Waals surface area contributed by atoms with Gasteiger partial charge in [0.15, 0.2) is 0 Å². The number of aliphatic hydroxyl groups is 1. The molecule has 0 bridgehead atoms. The van der Waals surface area contributed by atoms with Crippen molar-refractivity contribution in [3.8, 4) is 0 Å². The van der Waals surface area contributed by atoms with Crippen LogP contribution >= 0.6 is 0 Å². The number of halogens is 1. The fraction of sp³-hybridized carbons (Fsp3) is 0.500. The minimum Gasteiger partial charge on any atom is -0.399 e. The normalized spacial score (nSPS) is 18.6. The minimum atomic E-state index is -0.361. The van der Waals surface area contributed by atoms with Crippen molar-refractivity contribution in [2.24, 2.45) is 0 Å². The summed E-state index contributed by atoms with van der Waals surface area (Å²) in [7, 11) is 0. The van der Waals surface area contributed by atoms with Crippen LogP contribution in [-0.2, 0) is 0 Å². The molecule has 4 N–H and O–H groups in total. The Bertz CT molecular complexity index is 375. The zero-order valence-corrected chi connectivity index (χ0v) is 9.17. The number of nitrogens with two attached hydrogens (primary N) is 1. The number of nitrogens with one attached hydrogen (secondary N) is 1. The molecule has 0 atom stereocenters. The van der Waals surface area contributed by atoms with E-state index in [1.807, 2.05) is 0 Å². The van der Waals surface area contributed by atoms with Gasteiger partial charge in [0.05, 0.1) is 17.8 Å². The van der Waals surface area contributed by atoms with E-state index in [0.29, 0.717) is 11.4 Å². The highest BCUT2D eigenvalue weighted by molar-refractivity contribution is 5.54. The van der Waals surface area contributed by atoms with Gasteiger partial charge in [0.25, 0.3) is 0 Å². The lowest BCUT2D eigenvalue weighted by Gasteiger charge is -2.29. The first-order chi connectivity index (χ1) is 7.65. The van der Waals surface area contributed by atoms with Crippen LogP contribution < -0.4 is 11.1 Å². The molecule has 1 fully saturated rings. The van der Waals surface area contributed by atoms with Gasteiger partial charge in [-0.15, -0.1) is 0 Å². The van der Waals surface area contributed by atoms with Gasteiger partial charge in [-0.3, -0.25) is 0 Å². The lowest BCUT2D eigenvalue weighted by atomic mass is 9.98. The topological polar surface area (TPSA) is 58.3 Å². The van der Waals surface area contributed by atoms with Crippen molar-refractivity contribution >= 4 is 11.4 Å². The summed E-state index contributed by atoms with van der Waals surface area (Å²) in [4.78, 5) is 0. The van der Waals surface area contributed by atoms with Gasteiger partial charge in [0, 0.05) is 5.69 Å². The van der Waals surface area contributed by atoms with Crippen LogP contribution in [0.5, 0.6) is 0 Å². The molecule has 4 heteroatoms. The number of anilines is 2. The lowest BCUT2D eigenvalue weighted by Crippen LogP contribution is -2.39. The summed E-state index contributed by atoms with van der Waals surface area (Å²) < 4.78 is 13.6. The number of nitrogen functional groups attached to an aromatic ring is 1. The molecule has 0 saturated heterocycles. The first-order valence-electron chi connectivity index (χ1n) is 5.59. The summed E-state index contributed by atoms with van der Waals surface area (Å²) >= 11 is 0. The zero-order valence-electron chi connectivity index (χ0n) is 9.17. The number of hydrogen-bond donors (Lipinski definition) is 3. The van der Waals surface area contributed by atoms with Crippen LogP contribution in [-0.4, -0.2) is 17.3 Å². The molecule has 0 spiro atoms. The Morgan fingerprint density at radius 3 is 2.62 bits per heavy atom. The molecule has 1 aliphatic rings. The van der Waals surface area contributed by atoms with Gasteiger partial charge in [-0.1, -0.05) is 12.8 Å². The van der Waals surface area contributed by atoms with Crippen LogP contribution in [0.25, 0.3) is 0 Å². The fourth-order valence-electron chi connectivity index (χ4n) is 2.29. The molecule has 2 rings (SSSR count). The van der Waals surface area contributed by atoms with E-state index < -0.39 is 0 Å². The van der Waals surface area contributed by atoms with E-state index in [4.69, 9.17) is 5.73 Å². The van der Waals surface area contributed by atoms with E-state index in [2.05, 4.69) is 5.32 Å². The third kappa shape index (κ3) is 2.11. The maximum atomic E-state index is 13.6. The maximum absolute atomic E-state index is 13.6. The smallest absolute Gasteiger partial charge is 0.148 e.